The maximum atomic E-state index is 12.7. The van der Waals surface area contributed by atoms with E-state index in [0.29, 0.717) is 5.56 Å². The van der Waals surface area contributed by atoms with Gasteiger partial charge in [-0.2, -0.15) is 0 Å². The summed E-state index contributed by atoms with van der Waals surface area (Å²) in [5, 5.41) is 2.50. The van der Waals surface area contributed by atoms with Gasteiger partial charge < -0.3 is 24.3 Å². The van der Waals surface area contributed by atoms with Gasteiger partial charge in [0.15, 0.2) is 12.0 Å². The quantitative estimate of drug-likeness (QED) is 0.368. The zero-order valence-corrected chi connectivity index (χ0v) is 16.5. The van der Waals surface area contributed by atoms with Gasteiger partial charge in [-0.15, -0.1) is 0 Å². The molecule has 0 spiro atoms. The van der Waals surface area contributed by atoms with Gasteiger partial charge in [0, 0.05) is 13.0 Å². The van der Waals surface area contributed by atoms with Crippen molar-refractivity contribution in [2.75, 3.05) is 28.4 Å². The number of esters is 3. The Bertz CT molecular complexity index is 674. The molecular formula is C19H25NO8. The maximum absolute atomic E-state index is 12.7. The van der Waals surface area contributed by atoms with Crippen molar-refractivity contribution in [2.45, 2.75) is 19.1 Å². The number of carbonyl (C=O) groups excluding carboxylic acids is 4. The molecule has 9 heteroatoms. The summed E-state index contributed by atoms with van der Waals surface area (Å²) < 4.78 is 19.2. The van der Waals surface area contributed by atoms with E-state index in [1.807, 2.05) is 0 Å². The molecule has 0 aromatic heterocycles. The fourth-order valence-electron chi connectivity index (χ4n) is 2.76. The second-order valence-electron chi connectivity index (χ2n) is 5.92. The van der Waals surface area contributed by atoms with Gasteiger partial charge in [-0.1, -0.05) is 37.3 Å². The fraction of sp³-hybridized carbons (Fsp3) is 0.474. The van der Waals surface area contributed by atoms with Crippen LogP contribution in [0.2, 0.25) is 0 Å². The number of carbonyl (C=O) groups is 4. The van der Waals surface area contributed by atoms with Crippen LogP contribution in [0.15, 0.2) is 30.3 Å². The van der Waals surface area contributed by atoms with E-state index in [9.17, 15) is 19.2 Å². The molecule has 0 bridgehead atoms. The normalized spacial score (nSPS) is 13.8. The zero-order valence-electron chi connectivity index (χ0n) is 16.5. The molecule has 1 amide bonds. The maximum Gasteiger partial charge on any atom is 0.328 e. The number of rotatable bonds is 9. The SMILES string of the molecule is COC(=O)C(C(=O)OC)[C@@H](C)[C@@H](NC(=O)[C@H](OC)c1ccccc1)C(=O)OC. The smallest absolute Gasteiger partial charge is 0.328 e. The molecule has 0 heterocycles. The zero-order chi connectivity index (χ0) is 21.3. The first-order chi connectivity index (χ1) is 13.3. The van der Waals surface area contributed by atoms with E-state index in [1.165, 1.54) is 14.0 Å². The largest absolute Gasteiger partial charge is 0.468 e. The summed E-state index contributed by atoms with van der Waals surface area (Å²) in [5.74, 6) is -5.70. The molecule has 0 radical (unpaired) electrons. The van der Waals surface area contributed by atoms with E-state index >= 15 is 0 Å². The second-order valence-corrected chi connectivity index (χ2v) is 5.92. The molecular weight excluding hydrogens is 370 g/mol. The fourth-order valence-corrected chi connectivity index (χ4v) is 2.76. The Morgan fingerprint density at radius 1 is 0.821 bits per heavy atom. The summed E-state index contributed by atoms with van der Waals surface area (Å²) in [5.41, 5.74) is 0.566. The molecule has 28 heavy (non-hydrogen) atoms. The molecule has 1 N–H and O–H groups in total. The van der Waals surface area contributed by atoms with Gasteiger partial charge in [0.1, 0.15) is 6.04 Å². The average molecular weight is 395 g/mol. The topological polar surface area (TPSA) is 117 Å². The first kappa shape index (κ1) is 23.1. The summed E-state index contributed by atoms with van der Waals surface area (Å²) in [6.45, 7) is 1.44. The van der Waals surface area contributed by atoms with Gasteiger partial charge in [0.25, 0.3) is 5.91 Å². The highest BCUT2D eigenvalue weighted by molar-refractivity contribution is 5.96. The highest BCUT2D eigenvalue weighted by atomic mass is 16.5. The summed E-state index contributed by atoms with van der Waals surface area (Å²) in [6.07, 6.45) is -1.00. The number of benzene rings is 1. The second kappa shape index (κ2) is 11.0. The Balaban J connectivity index is 3.16. The molecule has 0 aliphatic rings. The van der Waals surface area contributed by atoms with Crippen molar-refractivity contribution < 1.29 is 38.1 Å². The molecule has 0 fully saturated rings. The van der Waals surface area contributed by atoms with Crippen molar-refractivity contribution >= 4 is 23.8 Å². The average Bonchev–Trinajstić information content (AvgIpc) is 2.72. The highest BCUT2D eigenvalue weighted by Crippen LogP contribution is 2.22. The molecule has 1 rings (SSSR count). The van der Waals surface area contributed by atoms with Crippen molar-refractivity contribution in [1.29, 1.82) is 0 Å². The van der Waals surface area contributed by atoms with E-state index in [4.69, 9.17) is 9.47 Å². The number of ether oxygens (including phenoxy) is 4. The lowest BCUT2D eigenvalue weighted by Gasteiger charge is -2.28. The number of amides is 1. The molecule has 0 unspecified atom stereocenters. The molecule has 0 saturated carbocycles. The van der Waals surface area contributed by atoms with E-state index in [-0.39, 0.29) is 0 Å². The van der Waals surface area contributed by atoms with E-state index in [1.54, 1.807) is 30.3 Å². The lowest BCUT2D eigenvalue weighted by atomic mass is 9.87. The molecule has 9 nitrogen and oxygen atoms in total. The summed E-state index contributed by atoms with van der Waals surface area (Å²) in [6, 6.07) is 7.32. The predicted octanol–water partition coefficient (Wildman–Crippen LogP) is 0.630. The number of hydrogen-bond acceptors (Lipinski definition) is 8. The van der Waals surface area contributed by atoms with Crippen molar-refractivity contribution in [1.82, 2.24) is 5.32 Å². The standard InChI is InChI=1S/C19H25NO8/c1-11(13(17(22)26-3)18(23)27-4)14(19(24)28-5)20-16(21)15(25-2)12-9-7-6-8-10-12/h6-11,13-15H,1-5H3,(H,20,21)/t11-,14-,15-/m1/s1. The van der Waals surface area contributed by atoms with Crippen LogP contribution in [0.5, 0.6) is 0 Å². The van der Waals surface area contributed by atoms with E-state index in [0.717, 1.165) is 21.3 Å². The van der Waals surface area contributed by atoms with E-state index < -0.39 is 47.8 Å². The van der Waals surface area contributed by atoms with Gasteiger partial charge in [-0.3, -0.25) is 14.4 Å². The monoisotopic (exact) mass is 395 g/mol. The Morgan fingerprint density at radius 2 is 1.32 bits per heavy atom. The Hall–Kier alpha value is -2.94. The highest BCUT2D eigenvalue weighted by Gasteiger charge is 2.43. The van der Waals surface area contributed by atoms with Gasteiger partial charge >= 0.3 is 17.9 Å². The number of methoxy groups -OCH3 is 4. The van der Waals surface area contributed by atoms with Gasteiger partial charge in [0.2, 0.25) is 0 Å². The molecule has 1 aromatic rings. The molecule has 1 aromatic carbocycles. The van der Waals surface area contributed by atoms with Crippen LogP contribution in [-0.2, 0) is 38.1 Å². The minimum Gasteiger partial charge on any atom is -0.468 e. The van der Waals surface area contributed by atoms with Crippen LogP contribution in [-0.4, -0.2) is 58.3 Å². The Kier molecular flexibility index (Phi) is 9.10. The predicted molar refractivity (Wildman–Crippen MR) is 96.8 cm³/mol. The lowest BCUT2D eigenvalue weighted by Crippen LogP contribution is -2.52. The van der Waals surface area contributed by atoms with Crippen LogP contribution in [0.1, 0.15) is 18.6 Å². The number of nitrogens with one attached hydrogen (secondary N) is 1. The van der Waals surface area contributed by atoms with Crippen LogP contribution in [0.3, 0.4) is 0 Å². The van der Waals surface area contributed by atoms with Crippen LogP contribution >= 0.6 is 0 Å². The Labute approximate surface area is 163 Å². The Morgan fingerprint density at radius 3 is 1.75 bits per heavy atom. The first-order valence-electron chi connectivity index (χ1n) is 8.43. The third-order valence-electron chi connectivity index (χ3n) is 4.29. The van der Waals surface area contributed by atoms with Gasteiger partial charge in [0.05, 0.1) is 21.3 Å². The minimum atomic E-state index is -1.43. The van der Waals surface area contributed by atoms with Crippen molar-refractivity contribution in [3.8, 4) is 0 Å². The van der Waals surface area contributed by atoms with Gasteiger partial charge in [-0.25, -0.2) is 4.79 Å². The van der Waals surface area contributed by atoms with E-state index in [2.05, 4.69) is 14.8 Å². The molecule has 0 aliphatic heterocycles. The van der Waals surface area contributed by atoms with Crippen molar-refractivity contribution in [3.63, 3.8) is 0 Å². The van der Waals surface area contributed by atoms with Crippen LogP contribution in [0.4, 0.5) is 0 Å². The van der Waals surface area contributed by atoms with Crippen molar-refractivity contribution in [2.24, 2.45) is 11.8 Å². The molecule has 154 valence electrons. The van der Waals surface area contributed by atoms with Crippen LogP contribution in [0.25, 0.3) is 0 Å². The number of hydrogen-bond donors (Lipinski definition) is 1. The minimum absolute atomic E-state index is 0.566. The summed E-state index contributed by atoms with van der Waals surface area (Å²) in [4.78, 5) is 49.1. The molecule has 0 aliphatic carbocycles. The first-order valence-corrected chi connectivity index (χ1v) is 8.43. The lowest BCUT2D eigenvalue weighted by molar-refractivity contribution is -0.164. The third-order valence-corrected chi connectivity index (χ3v) is 4.29. The van der Waals surface area contributed by atoms with Crippen molar-refractivity contribution in [3.05, 3.63) is 35.9 Å². The van der Waals surface area contributed by atoms with Crippen LogP contribution < -0.4 is 5.32 Å². The summed E-state index contributed by atoms with van der Waals surface area (Å²) >= 11 is 0. The summed E-state index contributed by atoms with van der Waals surface area (Å²) in [7, 11) is 4.68. The molecule has 0 saturated heterocycles. The third kappa shape index (κ3) is 5.53. The molecule has 3 atom stereocenters. The van der Waals surface area contributed by atoms with Crippen LogP contribution in [0, 0.1) is 11.8 Å². The van der Waals surface area contributed by atoms with Gasteiger partial charge in [-0.05, 0) is 5.56 Å².